The summed E-state index contributed by atoms with van der Waals surface area (Å²) in [5.41, 5.74) is 8.59. The molecular weight excluding hydrogens is 212 g/mol. The Labute approximate surface area is 101 Å². The molecule has 0 spiro atoms. The lowest BCUT2D eigenvalue weighted by Gasteiger charge is -2.20. The Kier molecular flexibility index (Phi) is 2.81. The van der Waals surface area contributed by atoms with E-state index < -0.39 is 0 Å². The van der Waals surface area contributed by atoms with E-state index in [0.29, 0.717) is 12.5 Å². The summed E-state index contributed by atoms with van der Waals surface area (Å²) >= 11 is 0. The molecule has 1 aliphatic rings. The van der Waals surface area contributed by atoms with Crippen molar-refractivity contribution in [1.29, 1.82) is 0 Å². The summed E-state index contributed by atoms with van der Waals surface area (Å²) in [5.74, 6) is 0.636. The number of nitrogens with zero attached hydrogens (tertiary/aromatic N) is 3. The lowest BCUT2D eigenvalue weighted by Crippen LogP contribution is -2.08. The number of nitrogens with two attached hydrogens (primary N) is 1. The van der Waals surface area contributed by atoms with E-state index in [2.05, 4.69) is 22.2 Å². The highest BCUT2D eigenvalue weighted by atomic mass is 15.2. The first-order valence-electron chi connectivity index (χ1n) is 6.42. The molecule has 0 atom stereocenters. The maximum Gasteiger partial charge on any atom is 0.153 e. The van der Waals surface area contributed by atoms with E-state index in [4.69, 9.17) is 5.73 Å². The molecule has 0 unspecified atom stereocenters. The molecule has 2 heterocycles. The van der Waals surface area contributed by atoms with Crippen LogP contribution < -0.4 is 5.73 Å². The molecule has 0 radical (unpaired) electrons. The zero-order valence-electron chi connectivity index (χ0n) is 9.97. The van der Waals surface area contributed by atoms with Crippen molar-refractivity contribution in [3.8, 4) is 0 Å². The Morgan fingerprint density at radius 3 is 2.82 bits per heavy atom. The molecule has 1 fully saturated rings. The molecule has 4 heteroatoms. The average Bonchev–Trinajstić information content (AvgIpc) is 2.81. The summed E-state index contributed by atoms with van der Waals surface area (Å²) < 4.78 is 1.87. The standard InChI is InChI=1S/C13H18N4/c14-8-11-9-17-13(15-11)7-6-12(16-17)10-4-2-1-3-5-10/h6-7,9-10H,1-5,8,14H2. The lowest BCUT2D eigenvalue weighted by atomic mass is 9.87. The summed E-state index contributed by atoms with van der Waals surface area (Å²) in [5, 5.41) is 4.67. The molecule has 2 N–H and O–H groups in total. The Bertz CT molecular complexity index is 511. The number of aromatic nitrogens is 3. The van der Waals surface area contributed by atoms with Crippen LogP contribution in [0.1, 0.15) is 49.4 Å². The minimum Gasteiger partial charge on any atom is -0.325 e. The van der Waals surface area contributed by atoms with Crippen LogP contribution in [0, 0.1) is 0 Å². The monoisotopic (exact) mass is 230 g/mol. The van der Waals surface area contributed by atoms with E-state index in [1.54, 1.807) is 0 Å². The summed E-state index contributed by atoms with van der Waals surface area (Å²) in [6.07, 6.45) is 8.53. The number of hydrogen-bond acceptors (Lipinski definition) is 3. The molecule has 0 aliphatic heterocycles. The molecule has 1 saturated carbocycles. The van der Waals surface area contributed by atoms with Gasteiger partial charge in [0.25, 0.3) is 0 Å². The maximum absolute atomic E-state index is 5.59. The van der Waals surface area contributed by atoms with Crippen LogP contribution >= 0.6 is 0 Å². The molecule has 2 aromatic rings. The van der Waals surface area contributed by atoms with Gasteiger partial charge in [0.05, 0.1) is 17.6 Å². The Hall–Kier alpha value is -1.42. The first-order valence-corrected chi connectivity index (χ1v) is 6.42. The first kappa shape index (κ1) is 10.7. The van der Waals surface area contributed by atoms with Crippen LogP contribution in [-0.2, 0) is 6.54 Å². The van der Waals surface area contributed by atoms with Gasteiger partial charge in [0, 0.05) is 12.5 Å². The molecule has 2 aromatic heterocycles. The molecule has 3 rings (SSSR count). The van der Waals surface area contributed by atoms with Crippen molar-refractivity contribution in [1.82, 2.24) is 14.6 Å². The molecule has 1 aliphatic carbocycles. The fourth-order valence-corrected chi connectivity index (χ4v) is 2.66. The van der Waals surface area contributed by atoms with Gasteiger partial charge in [0.15, 0.2) is 5.65 Å². The Balaban J connectivity index is 1.94. The van der Waals surface area contributed by atoms with Crippen LogP contribution in [0.3, 0.4) is 0 Å². The summed E-state index contributed by atoms with van der Waals surface area (Å²) in [7, 11) is 0. The van der Waals surface area contributed by atoms with E-state index in [9.17, 15) is 0 Å². The third-order valence-electron chi connectivity index (χ3n) is 3.62. The summed E-state index contributed by atoms with van der Waals surface area (Å²) in [6.45, 7) is 0.474. The number of fused-ring (bicyclic) bond motifs is 1. The van der Waals surface area contributed by atoms with Crippen molar-refractivity contribution in [2.24, 2.45) is 5.73 Å². The van der Waals surface area contributed by atoms with Crippen LogP contribution in [0.5, 0.6) is 0 Å². The van der Waals surface area contributed by atoms with Crippen molar-refractivity contribution in [2.75, 3.05) is 0 Å². The third-order valence-corrected chi connectivity index (χ3v) is 3.62. The summed E-state index contributed by atoms with van der Waals surface area (Å²) in [4.78, 5) is 4.39. The van der Waals surface area contributed by atoms with Crippen LogP contribution in [0.25, 0.3) is 5.65 Å². The predicted molar refractivity (Wildman–Crippen MR) is 66.7 cm³/mol. The van der Waals surface area contributed by atoms with Gasteiger partial charge < -0.3 is 5.73 Å². The average molecular weight is 230 g/mol. The van der Waals surface area contributed by atoms with E-state index in [0.717, 1.165) is 11.3 Å². The Morgan fingerprint density at radius 1 is 1.24 bits per heavy atom. The molecule has 0 bridgehead atoms. The molecule has 90 valence electrons. The van der Waals surface area contributed by atoms with Crippen LogP contribution in [0.4, 0.5) is 0 Å². The lowest BCUT2D eigenvalue weighted by molar-refractivity contribution is 0.433. The van der Waals surface area contributed by atoms with Crippen LogP contribution in [-0.4, -0.2) is 14.6 Å². The third kappa shape index (κ3) is 2.05. The van der Waals surface area contributed by atoms with Gasteiger partial charge in [0.2, 0.25) is 0 Å². The highest BCUT2D eigenvalue weighted by Crippen LogP contribution is 2.31. The van der Waals surface area contributed by atoms with Gasteiger partial charge >= 0.3 is 0 Å². The van der Waals surface area contributed by atoms with Crippen molar-refractivity contribution in [2.45, 2.75) is 44.6 Å². The highest BCUT2D eigenvalue weighted by molar-refractivity contribution is 5.39. The second-order valence-electron chi connectivity index (χ2n) is 4.83. The van der Waals surface area contributed by atoms with E-state index in [1.165, 1.54) is 37.8 Å². The van der Waals surface area contributed by atoms with Gasteiger partial charge in [-0.2, -0.15) is 5.10 Å². The maximum atomic E-state index is 5.59. The smallest absolute Gasteiger partial charge is 0.153 e. The SMILES string of the molecule is NCc1cn2nc(C3CCCCC3)ccc2n1. The van der Waals surface area contributed by atoms with Gasteiger partial charge in [-0.05, 0) is 25.0 Å². The van der Waals surface area contributed by atoms with E-state index in [1.807, 2.05) is 10.7 Å². The molecule has 0 aromatic carbocycles. The fraction of sp³-hybridized carbons (Fsp3) is 0.538. The Morgan fingerprint density at radius 2 is 2.06 bits per heavy atom. The van der Waals surface area contributed by atoms with Crippen LogP contribution in [0.15, 0.2) is 18.3 Å². The number of rotatable bonds is 2. The largest absolute Gasteiger partial charge is 0.325 e. The number of imidazole rings is 1. The second kappa shape index (κ2) is 4.45. The van der Waals surface area contributed by atoms with Crippen LogP contribution in [0.2, 0.25) is 0 Å². The topological polar surface area (TPSA) is 56.2 Å². The van der Waals surface area contributed by atoms with E-state index >= 15 is 0 Å². The normalized spacial score (nSPS) is 17.7. The molecule has 0 saturated heterocycles. The molecule has 17 heavy (non-hydrogen) atoms. The molecule has 0 amide bonds. The van der Waals surface area contributed by atoms with Gasteiger partial charge in [0.1, 0.15) is 0 Å². The number of hydrogen-bond donors (Lipinski definition) is 1. The van der Waals surface area contributed by atoms with Crippen molar-refractivity contribution in [3.63, 3.8) is 0 Å². The zero-order valence-corrected chi connectivity index (χ0v) is 9.97. The van der Waals surface area contributed by atoms with Gasteiger partial charge in [-0.3, -0.25) is 0 Å². The van der Waals surface area contributed by atoms with Crippen molar-refractivity contribution < 1.29 is 0 Å². The highest BCUT2D eigenvalue weighted by Gasteiger charge is 2.17. The fourth-order valence-electron chi connectivity index (χ4n) is 2.66. The molecule has 4 nitrogen and oxygen atoms in total. The minimum absolute atomic E-state index is 0.474. The zero-order chi connectivity index (χ0) is 11.7. The predicted octanol–water partition coefficient (Wildman–Crippen LogP) is 2.24. The van der Waals surface area contributed by atoms with Gasteiger partial charge in [-0.15, -0.1) is 0 Å². The van der Waals surface area contributed by atoms with Crippen molar-refractivity contribution >= 4 is 5.65 Å². The van der Waals surface area contributed by atoms with Crippen molar-refractivity contribution in [3.05, 3.63) is 29.7 Å². The first-order chi connectivity index (χ1) is 8.36. The minimum atomic E-state index is 0.474. The van der Waals surface area contributed by atoms with Gasteiger partial charge in [-0.25, -0.2) is 9.50 Å². The van der Waals surface area contributed by atoms with Gasteiger partial charge in [-0.1, -0.05) is 19.3 Å². The van der Waals surface area contributed by atoms with E-state index in [-0.39, 0.29) is 0 Å². The summed E-state index contributed by atoms with van der Waals surface area (Å²) in [6, 6.07) is 4.18. The quantitative estimate of drug-likeness (QED) is 0.860. The molecular formula is C13H18N4. The second-order valence-corrected chi connectivity index (χ2v) is 4.83.